The van der Waals surface area contributed by atoms with Crippen LogP contribution in [0.15, 0.2) is 30.6 Å². The lowest BCUT2D eigenvalue weighted by Gasteiger charge is -2.22. The third-order valence-corrected chi connectivity index (χ3v) is 4.41. The van der Waals surface area contributed by atoms with Crippen LogP contribution < -0.4 is 5.32 Å². The van der Waals surface area contributed by atoms with E-state index in [2.05, 4.69) is 61.2 Å². The van der Waals surface area contributed by atoms with E-state index in [0.29, 0.717) is 6.04 Å². The van der Waals surface area contributed by atoms with Crippen molar-refractivity contribution in [1.82, 2.24) is 9.88 Å². The summed E-state index contributed by atoms with van der Waals surface area (Å²) in [4.78, 5) is 0. The second-order valence-corrected chi connectivity index (χ2v) is 6.41. The van der Waals surface area contributed by atoms with E-state index in [4.69, 9.17) is 0 Å². The van der Waals surface area contributed by atoms with Crippen LogP contribution in [-0.4, -0.2) is 11.1 Å². The van der Waals surface area contributed by atoms with Gasteiger partial charge in [0.05, 0.1) is 0 Å². The minimum Gasteiger partial charge on any atom is -0.349 e. The summed E-state index contributed by atoms with van der Waals surface area (Å²) in [7, 11) is 0. The maximum atomic E-state index is 3.62. The first-order valence-corrected chi connectivity index (χ1v) is 8.15. The molecule has 3 rings (SSSR count). The van der Waals surface area contributed by atoms with Crippen LogP contribution in [0, 0.1) is 13.8 Å². The first-order chi connectivity index (χ1) is 10.2. The van der Waals surface area contributed by atoms with Gasteiger partial charge in [-0.2, -0.15) is 0 Å². The van der Waals surface area contributed by atoms with E-state index in [1.807, 2.05) is 0 Å². The Labute approximate surface area is 128 Å². The molecule has 1 unspecified atom stereocenters. The minimum atomic E-state index is 0.555. The Kier molecular flexibility index (Phi) is 4.16. The van der Waals surface area contributed by atoms with Crippen molar-refractivity contribution in [2.45, 2.75) is 52.6 Å². The molecule has 0 aliphatic heterocycles. The van der Waals surface area contributed by atoms with Crippen molar-refractivity contribution >= 4 is 0 Å². The van der Waals surface area contributed by atoms with E-state index in [-0.39, 0.29) is 0 Å². The van der Waals surface area contributed by atoms with Crippen LogP contribution >= 0.6 is 0 Å². The zero-order valence-electron chi connectivity index (χ0n) is 13.4. The van der Waals surface area contributed by atoms with Crippen molar-refractivity contribution in [3.8, 4) is 0 Å². The lowest BCUT2D eigenvalue weighted by molar-refractivity contribution is 0.473. The number of aromatic nitrogens is 1. The fourth-order valence-corrected chi connectivity index (χ4v) is 3.67. The smallest absolute Gasteiger partial charge is 0.0470 e. The molecule has 1 aliphatic rings. The Bertz CT molecular complexity index is 604. The average molecular weight is 282 g/mol. The monoisotopic (exact) mass is 282 g/mol. The molecule has 1 N–H and O–H groups in total. The molecular weight excluding hydrogens is 256 g/mol. The predicted molar refractivity (Wildman–Crippen MR) is 88.8 cm³/mol. The quantitative estimate of drug-likeness (QED) is 0.892. The molecule has 0 radical (unpaired) electrons. The predicted octanol–water partition coefficient (Wildman–Crippen LogP) is 4.14. The van der Waals surface area contributed by atoms with Crippen molar-refractivity contribution < 1.29 is 0 Å². The molecule has 112 valence electrons. The largest absolute Gasteiger partial charge is 0.349 e. The molecule has 2 aromatic rings. The van der Waals surface area contributed by atoms with E-state index in [9.17, 15) is 0 Å². The van der Waals surface area contributed by atoms with Crippen molar-refractivity contribution in [3.05, 3.63) is 58.4 Å². The van der Waals surface area contributed by atoms with Crippen LogP contribution in [0.2, 0.25) is 0 Å². The molecule has 1 heterocycles. The Balaban J connectivity index is 1.84. The maximum absolute atomic E-state index is 3.62. The summed E-state index contributed by atoms with van der Waals surface area (Å²) in [6, 6.07) is 7.40. The number of hydrogen-bond donors (Lipinski definition) is 1. The molecule has 1 aromatic heterocycles. The van der Waals surface area contributed by atoms with Crippen molar-refractivity contribution in [2.24, 2.45) is 0 Å². The van der Waals surface area contributed by atoms with Gasteiger partial charge in [0, 0.05) is 25.0 Å². The zero-order chi connectivity index (χ0) is 14.8. The molecule has 0 fully saturated rings. The molecule has 21 heavy (non-hydrogen) atoms. The molecule has 1 atom stereocenters. The SMILES string of the molecule is CCNC1CCCc2cn(Cc3cc(C)cc(C)c3)cc21. The Morgan fingerprint density at radius 3 is 2.62 bits per heavy atom. The van der Waals surface area contributed by atoms with Gasteiger partial charge in [0.1, 0.15) is 0 Å². The number of hydrogen-bond acceptors (Lipinski definition) is 1. The van der Waals surface area contributed by atoms with Gasteiger partial charge in [-0.1, -0.05) is 36.2 Å². The van der Waals surface area contributed by atoms with Gasteiger partial charge < -0.3 is 9.88 Å². The molecule has 1 aromatic carbocycles. The van der Waals surface area contributed by atoms with Gasteiger partial charge in [-0.05, 0) is 56.3 Å². The number of benzene rings is 1. The van der Waals surface area contributed by atoms with Gasteiger partial charge in [0.25, 0.3) is 0 Å². The second-order valence-electron chi connectivity index (χ2n) is 6.41. The summed E-state index contributed by atoms with van der Waals surface area (Å²) in [6.07, 6.45) is 8.53. The molecular formula is C19H26N2. The summed E-state index contributed by atoms with van der Waals surface area (Å²) < 4.78 is 2.37. The minimum absolute atomic E-state index is 0.555. The number of aryl methyl sites for hydroxylation is 3. The van der Waals surface area contributed by atoms with Crippen LogP contribution in [-0.2, 0) is 13.0 Å². The number of nitrogens with one attached hydrogen (secondary N) is 1. The van der Waals surface area contributed by atoms with Gasteiger partial charge >= 0.3 is 0 Å². The third-order valence-electron chi connectivity index (χ3n) is 4.41. The highest BCUT2D eigenvalue weighted by molar-refractivity contribution is 5.33. The Hall–Kier alpha value is -1.54. The normalized spacial score (nSPS) is 17.8. The van der Waals surface area contributed by atoms with E-state index >= 15 is 0 Å². The summed E-state index contributed by atoms with van der Waals surface area (Å²) in [5.74, 6) is 0. The van der Waals surface area contributed by atoms with Crippen LogP contribution in [0.3, 0.4) is 0 Å². The van der Waals surface area contributed by atoms with Crippen molar-refractivity contribution in [2.75, 3.05) is 6.54 Å². The fourth-order valence-electron chi connectivity index (χ4n) is 3.67. The number of nitrogens with zero attached hydrogens (tertiary/aromatic N) is 1. The van der Waals surface area contributed by atoms with Crippen molar-refractivity contribution in [3.63, 3.8) is 0 Å². The topological polar surface area (TPSA) is 17.0 Å². The summed E-state index contributed by atoms with van der Waals surface area (Å²) >= 11 is 0. The van der Waals surface area contributed by atoms with Gasteiger partial charge in [-0.3, -0.25) is 0 Å². The van der Waals surface area contributed by atoms with E-state index < -0.39 is 0 Å². The van der Waals surface area contributed by atoms with Crippen LogP contribution in [0.25, 0.3) is 0 Å². The third kappa shape index (κ3) is 3.21. The van der Waals surface area contributed by atoms with E-state index in [0.717, 1.165) is 13.1 Å². The van der Waals surface area contributed by atoms with Gasteiger partial charge in [0.2, 0.25) is 0 Å². The van der Waals surface area contributed by atoms with Crippen molar-refractivity contribution in [1.29, 1.82) is 0 Å². The number of rotatable bonds is 4. The molecule has 0 amide bonds. The van der Waals surface area contributed by atoms with Crippen LogP contribution in [0.4, 0.5) is 0 Å². The molecule has 1 aliphatic carbocycles. The van der Waals surface area contributed by atoms with Gasteiger partial charge in [-0.25, -0.2) is 0 Å². The Morgan fingerprint density at radius 2 is 1.90 bits per heavy atom. The lowest BCUT2D eigenvalue weighted by Crippen LogP contribution is -2.23. The highest BCUT2D eigenvalue weighted by Gasteiger charge is 2.21. The lowest BCUT2D eigenvalue weighted by atomic mass is 9.91. The first-order valence-electron chi connectivity index (χ1n) is 8.15. The molecule has 2 heteroatoms. The highest BCUT2D eigenvalue weighted by Crippen LogP contribution is 2.30. The zero-order valence-corrected chi connectivity index (χ0v) is 13.4. The summed E-state index contributed by atoms with van der Waals surface area (Å²) in [5.41, 5.74) is 7.17. The van der Waals surface area contributed by atoms with Gasteiger partial charge in [-0.15, -0.1) is 0 Å². The second kappa shape index (κ2) is 6.07. The molecule has 0 spiro atoms. The maximum Gasteiger partial charge on any atom is 0.0470 e. The number of fused-ring (bicyclic) bond motifs is 1. The van der Waals surface area contributed by atoms with E-state index in [1.165, 1.54) is 47.1 Å². The van der Waals surface area contributed by atoms with Gasteiger partial charge in [0.15, 0.2) is 0 Å². The molecule has 0 saturated carbocycles. The fraction of sp³-hybridized carbons (Fsp3) is 0.474. The van der Waals surface area contributed by atoms with Crippen LogP contribution in [0.1, 0.15) is 53.6 Å². The first kappa shape index (κ1) is 14.4. The molecule has 0 bridgehead atoms. The highest BCUT2D eigenvalue weighted by atomic mass is 15.0. The summed E-state index contributed by atoms with van der Waals surface area (Å²) in [5, 5.41) is 3.62. The summed E-state index contributed by atoms with van der Waals surface area (Å²) in [6.45, 7) is 8.58. The van der Waals surface area contributed by atoms with E-state index in [1.54, 1.807) is 0 Å². The Morgan fingerprint density at radius 1 is 1.14 bits per heavy atom. The van der Waals surface area contributed by atoms with Crippen LogP contribution in [0.5, 0.6) is 0 Å². The average Bonchev–Trinajstić information content (AvgIpc) is 2.81. The molecule has 0 saturated heterocycles. The standard InChI is InChI=1S/C19H26N2/c1-4-20-19-7-5-6-17-12-21(13-18(17)19)11-16-9-14(2)8-15(3)10-16/h8-10,12-13,19-20H,4-7,11H2,1-3H3. The molecule has 2 nitrogen and oxygen atoms in total.